The highest BCUT2D eigenvalue weighted by Crippen LogP contribution is 2.34. The van der Waals surface area contributed by atoms with Crippen LogP contribution in [0.4, 0.5) is 0 Å². The second kappa shape index (κ2) is 9.49. The highest BCUT2D eigenvalue weighted by molar-refractivity contribution is 6.35. The van der Waals surface area contributed by atoms with E-state index in [1.807, 2.05) is 36.4 Å². The number of rotatable bonds is 5. The van der Waals surface area contributed by atoms with Crippen LogP contribution in [0.25, 0.3) is 0 Å². The normalized spacial score (nSPS) is 18.8. The zero-order valence-corrected chi connectivity index (χ0v) is 17.4. The van der Waals surface area contributed by atoms with Crippen LogP contribution in [0.3, 0.4) is 0 Å². The SMILES string of the molecule is O=C(c1ccccc1)N1CC(COc2ccccc2)OC(c2ccc(Cl)cc2Cl)O1. The first-order valence-corrected chi connectivity index (χ1v) is 10.2. The van der Waals surface area contributed by atoms with E-state index in [9.17, 15) is 4.79 Å². The largest absolute Gasteiger partial charge is 0.491 e. The van der Waals surface area contributed by atoms with Crippen molar-refractivity contribution in [2.45, 2.75) is 12.4 Å². The van der Waals surface area contributed by atoms with E-state index in [0.717, 1.165) is 5.75 Å². The van der Waals surface area contributed by atoms with Crippen LogP contribution < -0.4 is 4.74 Å². The summed E-state index contributed by atoms with van der Waals surface area (Å²) < 4.78 is 11.9. The lowest BCUT2D eigenvalue weighted by molar-refractivity contribution is -0.325. The van der Waals surface area contributed by atoms with Crippen molar-refractivity contribution < 1.29 is 19.1 Å². The van der Waals surface area contributed by atoms with Gasteiger partial charge in [0, 0.05) is 16.1 Å². The lowest BCUT2D eigenvalue weighted by atomic mass is 10.2. The molecule has 0 saturated carbocycles. The Morgan fingerprint density at radius 2 is 1.70 bits per heavy atom. The minimum absolute atomic E-state index is 0.211. The van der Waals surface area contributed by atoms with E-state index >= 15 is 0 Å². The number of carbonyl (C=O) groups excluding carboxylic acids is 1. The van der Waals surface area contributed by atoms with Crippen molar-refractivity contribution in [3.63, 3.8) is 0 Å². The third-order valence-corrected chi connectivity index (χ3v) is 5.11. The Bertz CT molecular complexity index is 1000. The average molecular weight is 444 g/mol. The van der Waals surface area contributed by atoms with Gasteiger partial charge in [0.25, 0.3) is 5.91 Å². The third kappa shape index (κ3) is 4.94. The van der Waals surface area contributed by atoms with Gasteiger partial charge in [0.1, 0.15) is 18.5 Å². The summed E-state index contributed by atoms with van der Waals surface area (Å²) in [6, 6.07) is 23.4. The van der Waals surface area contributed by atoms with Gasteiger partial charge in [-0.2, -0.15) is 0 Å². The van der Waals surface area contributed by atoms with Crippen LogP contribution in [0.15, 0.2) is 78.9 Å². The minimum Gasteiger partial charge on any atom is -0.491 e. The van der Waals surface area contributed by atoms with Crippen molar-refractivity contribution >= 4 is 29.1 Å². The smallest absolute Gasteiger partial charge is 0.277 e. The van der Waals surface area contributed by atoms with E-state index in [1.54, 1.807) is 42.5 Å². The molecule has 1 aliphatic rings. The molecule has 0 radical (unpaired) electrons. The molecule has 3 aromatic rings. The standard InChI is InChI=1S/C23H19Cl2NO4/c24-17-11-12-20(21(25)13-17)23-29-19(15-28-18-9-5-2-6-10-18)14-26(30-23)22(27)16-7-3-1-4-8-16/h1-13,19,23H,14-15H2. The van der Waals surface area contributed by atoms with Crippen LogP contribution in [-0.4, -0.2) is 30.2 Å². The summed E-state index contributed by atoms with van der Waals surface area (Å²) in [7, 11) is 0. The van der Waals surface area contributed by atoms with Gasteiger partial charge in [-0.1, -0.05) is 65.7 Å². The molecule has 0 aliphatic carbocycles. The van der Waals surface area contributed by atoms with Crippen molar-refractivity contribution in [3.8, 4) is 5.75 Å². The van der Waals surface area contributed by atoms with E-state index in [-0.39, 0.29) is 19.1 Å². The molecule has 1 aliphatic heterocycles. The first kappa shape index (κ1) is 20.7. The van der Waals surface area contributed by atoms with Crippen LogP contribution in [0.2, 0.25) is 10.0 Å². The number of hydrogen-bond donors (Lipinski definition) is 0. The molecule has 1 amide bonds. The number of nitrogens with zero attached hydrogens (tertiary/aromatic N) is 1. The van der Waals surface area contributed by atoms with Gasteiger partial charge in [0.2, 0.25) is 6.29 Å². The highest BCUT2D eigenvalue weighted by atomic mass is 35.5. The molecule has 4 rings (SSSR count). The number of halogens is 2. The topological polar surface area (TPSA) is 48.0 Å². The lowest BCUT2D eigenvalue weighted by Gasteiger charge is -2.37. The van der Waals surface area contributed by atoms with E-state index in [4.69, 9.17) is 37.5 Å². The molecule has 154 valence electrons. The van der Waals surface area contributed by atoms with E-state index in [1.165, 1.54) is 5.06 Å². The first-order chi connectivity index (χ1) is 14.6. The molecule has 3 aromatic carbocycles. The monoisotopic (exact) mass is 443 g/mol. The summed E-state index contributed by atoms with van der Waals surface area (Å²) in [5.41, 5.74) is 1.10. The van der Waals surface area contributed by atoms with Gasteiger partial charge in [-0.3, -0.25) is 4.79 Å². The van der Waals surface area contributed by atoms with Crippen LogP contribution in [0.1, 0.15) is 22.2 Å². The Kier molecular flexibility index (Phi) is 6.55. The zero-order valence-electron chi connectivity index (χ0n) is 15.9. The number of hydrogen-bond acceptors (Lipinski definition) is 4. The maximum Gasteiger partial charge on any atom is 0.277 e. The maximum atomic E-state index is 13.0. The van der Waals surface area contributed by atoms with Crippen molar-refractivity contribution in [1.82, 2.24) is 5.06 Å². The number of benzene rings is 3. The van der Waals surface area contributed by atoms with Gasteiger partial charge >= 0.3 is 0 Å². The van der Waals surface area contributed by atoms with Crippen molar-refractivity contribution in [2.24, 2.45) is 0 Å². The summed E-state index contributed by atoms with van der Waals surface area (Å²) in [5.74, 6) is 0.452. The zero-order chi connectivity index (χ0) is 20.9. The first-order valence-electron chi connectivity index (χ1n) is 9.42. The molecule has 1 fully saturated rings. The molecule has 0 spiro atoms. The summed E-state index contributed by atoms with van der Waals surface area (Å²) in [6.07, 6.45) is -1.30. The molecule has 0 bridgehead atoms. The number of carbonyl (C=O) groups is 1. The van der Waals surface area contributed by atoms with Gasteiger partial charge < -0.3 is 9.47 Å². The molecule has 1 saturated heterocycles. The van der Waals surface area contributed by atoms with Crippen molar-refractivity contribution in [1.29, 1.82) is 0 Å². The Labute approximate surface area is 184 Å². The molecule has 2 atom stereocenters. The maximum absolute atomic E-state index is 13.0. The number of ether oxygens (including phenoxy) is 2. The summed E-state index contributed by atoms with van der Waals surface area (Å²) in [4.78, 5) is 18.9. The average Bonchev–Trinajstić information content (AvgIpc) is 2.78. The molecule has 0 aromatic heterocycles. The summed E-state index contributed by atoms with van der Waals surface area (Å²) in [5, 5.41) is 2.19. The second-order valence-corrected chi connectivity index (χ2v) is 7.56. The summed E-state index contributed by atoms with van der Waals surface area (Å²) >= 11 is 12.4. The van der Waals surface area contributed by atoms with Gasteiger partial charge in [0.15, 0.2) is 0 Å². The van der Waals surface area contributed by atoms with Crippen molar-refractivity contribution in [2.75, 3.05) is 13.2 Å². The molecule has 0 N–H and O–H groups in total. The molecule has 7 heteroatoms. The van der Waals surface area contributed by atoms with E-state index in [0.29, 0.717) is 21.2 Å². The molecular weight excluding hydrogens is 425 g/mol. The molecule has 1 heterocycles. The fourth-order valence-electron chi connectivity index (χ4n) is 3.06. The molecule has 2 unspecified atom stereocenters. The highest BCUT2D eigenvalue weighted by Gasteiger charge is 2.34. The third-order valence-electron chi connectivity index (χ3n) is 4.55. The van der Waals surface area contributed by atoms with Crippen LogP contribution in [-0.2, 0) is 9.57 Å². The van der Waals surface area contributed by atoms with Gasteiger partial charge in [-0.15, -0.1) is 0 Å². The van der Waals surface area contributed by atoms with Crippen LogP contribution in [0.5, 0.6) is 5.75 Å². The predicted molar refractivity (Wildman–Crippen MR) is 115 cm³/mol. The van der Waals surface area contributed by atoms with Gasteiger partial charge in [-0.25, -0.2) is 9.90 Å². The fourth-order valence-corrected chi connectivity index (χ4v) is 3.56. The molecule has 30 heavy (non-hydrogen) atoms. The minimum atomic E-state index is -0.874. The van der Waals surface area contributed by atoms with Gasteiger partial charge in [0.05, 0.1) is 11.6 Å². The van der Waals surface area contributed by atoms with E-state index < -0.39 is 12.4 Å². The predicted octanol–water partition coefficient (Wildman–Crippen LogP) is 5.54. The summed E-state index contributed by atoms with van der Waals surface area (Å²) in [6.45, 7) is 0.454. The Morgan fingerprint density at radius 1 is 1.00 bits per heavy atom. The number of amides is 1. The van der Waals surface area contributed by atoms with Crippen LogP contribution in [0, 0.1) is 0 Å². The van der Waals surface area contributed by atoms with Gasteiger partial charge in [-0.05, 0) is 36.4 Å². The second-order valence-electron chi connectivity index (χ2n) is 6.72. The molecular formula is C23H19Cl2NO4. The quantitative estimate of drug-likeness (QED) is 0.518. The molecule has 5 nitrogen and oxygen atoms in total. The Balaban J connectivity index is 1.56. The van der Waals surface area contributed by atoms with Crippen molar-refractivity contribution in [3.05, 3.63) is 100 Å². The number of para-hydroxylation sites is 1. The van der Waals surface area contributed by atoms with Crippen LogP contribution >= 0.6 is 23.2 Å². The van der Waals surface area contributed by atoms with E-state index in [2.05, 4.69) is 0 Å². The lowest BCUT2D eigenvalue weighted by Crippen LogP contribution is -2.47. The Hall–Kier alpha value is -2.57. The number of hydroxylamine groups is 2. The fraction of sp³-hybridized carbons (Fsp3) is 0.174. The Morgan fingerprint density at radius 3 is 2.40 bits per heavy atom.